The molecule has 0 saturated carbocycles. The number of nitrogens with two attached hydrogens (primary N) is 1. The molecule has 0 radical (unpaired) electrons. The van der Waals surface area contributed by atoms with E-state index in [1.165, 1.54) is 7.11 Å². The fourth-order valence-electron chi connectivity index (χ4n) is 1.80. The molecule has 5 nitrogen and oxygen atoms in total. The molecule has 1 aromatic carbocycles. The maximum Gasteiger partial charge on any atom is 0.339 e. The number of nitrogen functional groups attached to an aromatic ring is 1. The van der Waals surface area contributed by atoms with Crippen LogP contribution >= 0.6 is 0 Å². The van der Waals surface area contributed by atoms with Crippen LogP contribution in [0.4, 0.5) is 5.69 Å². The lowest BCUT2D eigenvalue weighted by molar-refractivity contribution is 0.0601. The van der Waals surface area contributed by atoms with E-state index >= 15 is 0 Å². The first-order valence-electron chi connectivity index (χ1n) is 6.18. The second kappa shape index (κ2) is 7.11. The summed E-state index contributed by atoms with van der Waals surface area (Å²) in [4.78, 5) is 13.8. The van der Waals surface area contributed by atoms with Crippen molar-refractivity contribution in [1.82, 2.24) is 4.90 Å². The van der Waals surface area contributed by atoms with Gasteiger partial charge < -0.3 is 15.2 Å². The zero-order valence-electron chi connectivity index (χ0n) is 12.0. The van der Waals surface area contributed by atoms with E-state index in [0.717, 1.165) is 12.1 Å². The zero-order valence-corrected chi connectivity index (χ0v) is 12.0. The van der Waals surface area contributed by atoms with Crippen molar-refractivity contribution in [3.05, 3.63) is 29.3 Å². The molecule has 0 fully saturated rings. The lowest BCUT2D eigenvalue weighted by atomic mass is 10.0. The molecule has 5 heteroatoms. The summed E-state index contributed by atoms with van der Waals surface area (Å²) >= 11 is 0. The average Bonchev–Trinajstić information content (AvgIpc) is 2.43. The molecule has 0 aromatic heterocycles. The van der Waals surface area contributed by atoms with Crippen LogP contribution in [0.3, 0.4) is 0 Å². The Kier molecular flexibility index (Phi) is 5.79. The number of ether oxygens (including phenoxy) is 2. The first kappa shape index (κ1) is 15.5. The molecule has 106 valence electrons. The number of nitrogens with zero attached hydrogens (tertiary/aromatic N) is 1. The van der Waals surface area contributed by atoms with Gasteiger partial charge in [-0.15, -0.1) is 0 Å². The fraction of sp³-hybridized carbons (Fsp3) is 0.500. The van der Waals surface area contributed by atoms with Crippen LogP contribution in [0.15, 0.2) is 18.2 Å². The number of anilines is 1. The summed E-state index contributed by atoms with van der Waals surface area (Å²) in [5, 5.41) is 0. The van der Waals surface area contributed by atoms with E-state index in [1.807, 2.05) is 13.1 Å². The lowest BCUT2D eigenvalue weighted by Crippen LogP contribution is -2.26. The summed E-state index contributed by atoms with van der Waals surface area (Å²) in [6.07, 6.45) is 0. The van der Waals surface area contributed by atoms with Crippen LogP contribution in [0, 0.1) is 0 Å². The van der Waals surface area contributed by atoms with Crippen LogP contribution < -0.4 is 5.73 Å². The molecule has 0 aliphatic rings. The monoisotopic (exact) mass is 266 g/mol. The van der Waals surface area contributed by atoms with Gasteiger partial charge in [-0.2, -0.15) is 0 Å². The summed E-state index contributed by atoms with van der Waals surface area (Å²) in [6.45, 7) is 3.55. The molecule has 2 N–H and O–H groups in total. The SMILES string of the molecule is COCCN(C)C(C)c1ccc(N)c(C(=O)OC)c1. The van der Waals surface area contributed by atoms with Crippen LogP contribution in [0.2, 0.25) is 0 Å². The number of carbonyl (C=O) groups is 1. The fourth-order valence-corrected chi connectivity index (χ4v) is 1.80. The standard InChI is InChI=1S/C14H22N2O3/c1-10(16(2)7-8-18-3)11-5-6-13(15)12(9-11)14(17)19-4/h5-6,9-10H,7-8,15H2,1-4H3. The van der Waals surface area contributed by atoms with Crippen molar-refractivity contribution in [1.29, 1.82) is 0 Å². The summed E-state index contributed by atoms with van der Waals surface area (Å²) in [5.74, 6) is -0.411. The maximum absolute atomic E-state index is 11.6. The maximum atomic E-state index is 11.6. The smallest absolute Gasteiger partial charge is 0.339 e. The van der Waals surface area contributed by atoms with Gasteiger partial charge >= 0.3 is 5.97 Å². The minimum absolute atomic E-state index is 0.166. The van der Waals surface area contributed by atoms with E-state index in [2.05, 4.69) is 11.8 Å². The molecule has 1 aromatic rings. The molecule has 1 atom stereocenters. The minimum Gasteiger partial charge on any atom is -0.465 e. The predicted octanol–water partition coefficient (Wildman–Crippen LogP) is 1.69. The largest absolute Gasteiger partial charge is 0.465 e. The highest BCUT2D eigenvalue weighted by Crippen LogP contribution is 2.23. The van der Waals surface area contributed by atoms with Crippen LogP contribution in [-0.2, 0) is 9.47 Å². The molecular formula is C14H22N2O3. The van der Waals surface area contributed by atoms with Crippen molar-refractivity contribution in [3.8, 4) is 0 Å². The highest BCUT2D eigenvalue weighted by molar-refractivity contribution is 5.95. The number of rotatable bonds is 6. The van der Waals surface area contributed by atoms with Gasteiger partial charge in [-0.1, -0.05) is 6.07 Å². The number of carbonyl (C=O) groups excluding carboxylic acids is 1. The highest BCUT2D eigenvalue weighted by atomic mass is 16.5. The number of likely N-dealkylation sites (N-methyl/N-ethyl adjacent to an activating group) is 1. The Bertz CT molecular complexity index is 435. The molecule has 0 aliphatic carbocycles. The minimum atomic E-state index is -0.411. The average molecular weight is 266 g/mol. The third-order valence-electron chi connectivity index (χ3n) is 3.27. The molecule has 0 aliphatic heterocycles. The summed E-state index contributed by atoms with van der Waals surface area (Å²) in [5.41, 5.74) is 7.65. The number of methoxy groups -OCH3 is 2. The van der Waals surface area contributed by atoms with Crippen molar-refractivity contribution in [2.24, 2.45) is 0 Å². The quantitative estimate of drug-likeness (QED) is 0.627. The Hall–Kier alpha value is -1.59. The van der Waals surface area contributed by atoms with Crippen LogP contribution in [0.25, 0.3) is 0 Å². The number of esters is 1. The van der Waals surface area contributed by atoms with Crippen molar-refractivity contribution < 1.29 is 14.3 Å². The second-order valence-electron chi connectivity index (χ2n) is 4.49. The number of benzene rings is 1. The second-order valence-corrected chi connectivity index (χ2v) is 4.49. The highest BCUT2D eigenvalue weighted by Gasteiger charge is 2.16. The molecule has 19 heavy (non-hydrogen) atoms. The third kappa shape index (κ3) is 3.94. The van der Waals surface area contributed by atoms with E-state index in [4.69, 9.17) is 15.2 Å². The van der Waals surface area contributed by atoms with E-state index in [9.17, 15) is 4.79 Å². The van der Waals surface area contributed by atoms with Crippen LogP contribution in [0.5, 0.6) is 0 Å². The molecule has 1 unspecified atom stereocenters. The van der Waals surface area contributed by atoms with E-state index < -0.39 is 5.97 Å². The van der Waals surface area contributed by atoms with Gasteiger partial charge in [-0.25, -0.2) is 4.79 Å². The van der Waals surface area contributed by atoms with Gasteiger partial charge in [-0.3, -0.25) is 4.90 Å². The lowest BCUT2D eigenvalue weighted by Gasteiger charge is -2.25. The summed E-state index contributed by atoms with van der Waals surface area (Å²) < 4.78 is 9.79. The van der Waals surface area contributed by atoms with Crippen molar-refractivity contribution in [2.45, 2.75) is 13.0 Å². The van der Waals surface area contributed by atoms with Gasteiger partial charge in [0.25, 0.3) is 0 Å². The normalized spacial score (nSPS) is 12.5. The molecule has 0 spiro atoms. The van der Waals surface area contributed by atoms with Gasteiger partial charge in [0.15, 0.2) is 0 Å². The Morgan fingerprint density at radius 1 is 1.42 bits per heavy atom. The van der Waals surface area contributed by atoms with Crippen molar-refractivity contribution in [3.63, 3.8) is 0 Å². The molecule has 0 bridgehead atoms. The predicted molar refractivity (Wildman–Crippen MR) is 75.1 cm³/mol. The molecule has 0 amide bonds. The van der Waals surface area contributed by atoms with Crippen molar-refractivity contribution >= 4 is 11.7 Å². The number of hydrogen-bond acceptors (Lipinski definition) is 5. The Labute approximate surface area is 114 Å². The van der Waals surface area contributed by atoms with E-state index in [-0.39, 0.29) is 6.04 Å². The third-order valence-corrected chi connectivity index (χ3v) is 3.27. The first-order chi connectivity index (χ1) is 9.01. The van der Waals surface area contributed by atoms with Gasteiger partial charge in [0.05, 0.1) is 19.3 Å². The topological polar surface area (TPSA) is 64.8 Å². The van der Waals surface area contributed by atoms with Gasteiger partial charge in [0.2, 0.25) is 0 Å². The molecule has 0 saturated heterocycles. The molecule has 1 rings (SSSR count). The zero-order chi connectivity index (χ0) is 14.4. The Morgan fingerprint density at radius 3 is 2.68 bits per heavy atom. The summed E-state index contributed by atoms with van der Waals surface area (Å²) in [6, 6.07) is 5.62. The van der Waals surface area contributed by atoms with Crippen LogP contribution in [0.1, 0.15) is 28.9 Å². The molecular weight excluding hydrogens is 244 g/mol. The first-order valence-corrected chi connectivity index (χ1v) is 6.18. The summed E-state index contributed by atoms with van der Waals surface area (Å²) in [7, 11) is 5.04. The Balaban J connectivity index is 2.92. The van der Waals surface area contributed by atoms with E-state index in [0.29, 0.717) is 17.9 Å². The van der Waals surface area contributed by atoms with Gasteiger partial charge in [-0.05, 0) is 31.7 Å². The van der Waals surface area contributed by atoms with Crippen molar-refractivity contribution in [2.75, 3.05) is 40.2 Å². The Morgan fingerprint density at radius 2 is 2.11 bits per heavy atom. The van der Waals surface area contributed by atoms with Crippen LogP contribution in [-0.4, -0.2) is 45.3 Å². The van der Waals surface area contributed by atoms with Gasteiger partial charge in [0.1, 0.15) is 0 Å². The number of hydrogen-bond donors (Lipinski definition) is 1. The van der Waals surface area contributed by atoms with E-state index in [1.54, 1.807) is 19.2 Å². The van der Waals surface area contributed by atoms with Gasteiger partial charge in [0, 0.05) is 25.4 Å². The molecule has 0 heterocycles.